The average molecular weight is 337 g/mol. The molecule has 4 rings (SSSR count). The number of nitrogens with zero attached hydrogens (tertiary/aromatic N) is 1. The first-order valence-electron chi connectivity index (χ1n) is 7.25. The molecule has 20 heavy (non-hydrogen) atoms. The van der Waals surface area contributed by atoms with E-state index < -0.39 is 0 Å². The van der Waals surface area contributed by atoms with E-state index in [-0.39, 0.29) is 18.1 Å². The third-order valence-corrected chi connectivity index (χ3v) is 4.99. The molecule has 0 spiro atoms. The lowest BCUT2D eigenvalue weighted by Gasteiger charge is -2.32. The summed E-state index contributed by atoms with van der Waals surface area (Å²) in [5.74, 6) is 1.14. The molecule has 2 fully saturated rings. The molecule has 1 aromatic carbocycles. The van der Waals surface area contributed by atoms with E-state index in [1.807, 2.05) is 0 Å². The van der Waals surface area contributed by atoms with E-state index in [4.69, 9.17) is 4.74 Å². The van der Waals surface area contributed by atoms with Gasteiger partial charge in [-0.1, -0.05) is 22.4 Å². The molecule has 1 N–H and O–H groups in total. The lowest BCUT2D eigenvalue weighted by molar-refractivity contribution is -0.122. The highest BCUT2D eigenvalue weighted by Crippen LogP contribution is 2.41. The van der Waals surface area contributed by atoms with Crippen LogP contribution in [0.5, 0.6) is 5.75 Å². The van der Waals surface area contributed by atoms with Crippen molar-refractivity contribution < 1.29 is 9.53 Å². The van der Waals surface area contributed by atoms with E-state index >= 15 is 0 Å². The Morgan fingerprint density at radius 3 is 3.15 bits per heavy atom. The van der Waals surface area contributed by atoms with Crippen LogP contribution in [0.4, 0.5) is 0 Å². The zero-order chi connectivity index (χ0) is 13.7. The maximum absolute atomic E-state index is 12.2. The van der Waals surface area contributed by atoms with Gasteiger partial charge in [-0.15, -0.1) is 0 Å². The lowest BCUT2D eigenvalue weighted by Crippen LogP contribution is -2.38. The molecule has 0 bridgehead atoms. The van der Waals surface area contributed by atoms with Crippen LogP contribution in [0.1, 0.15) is 36.6 Å². The number of hydrogen-bond acceptors (Lipinski definition) is 3. The average Bonchev–Trinajstić information content (AvgIpc) is 3.03. The highest BCUT2D eigenvalue weighted by atomic mass is 79.9. The molecule has 2 atom stereocenters. The van der Waals surface area contributed by atoms with Crippen molar-refractivity contribution >= 4 is 21.8 Å². The minimum Gasteiger partial charge on any atom is -0.493 e. The van der Waals surface area contributed by atoms with Crippen LogP contribution in [0, 0.1) is 0 Å². The summed E-state index contributed by atoms with van der Waals surface area (Å²) in [5, 5.41) is 3.16. The molecule has 4 nitrogen and oxygen atoms in total. The number of carbonyl (C=O) groups excluding carboxylic acids is 1. The molecule has 106 valence electrons. The molecule has 0 saturated carbocycles. The van der Waals surface area contributed by atoms with E-state index in [0.717, 1.165) is 48.2 Å². The number of nitrogens with one attached hydrogen (secondary N) is 1. The summed E-state index contributed by atoms with van der Waals surface area (Å²) < 4.78 is 6.87. The molecule has 3 aliphatic heterocycles. The Morgan fingerprint density at radius 2 is 2.25 bits per heavy atom. The molecule has 3 heterocycles. The first kappa shape index (κ1) is 12.7. The number of rotatable bonds is 1. The van der Waals surface area contributed by atoms with Crippen LogP contribution in [0.2, 0.25) is 0 Å². The molecule has 2 saturated heterocycles. The Morgan fingerprint density at radius 1 is 1.35 bits per heavy atom. The second kappa shape index (κ2) is 4.74. The van der Waals surface area contributed by atoms with Gasteiger partial charge >= 0.3 is 0 Å². The number of halogens is 1. The molecule has 0 aromatic heterocycles. The minimum absolute atomic E-state index is 0.0304. The summed E-state index contributed by atoms with van der Waals surface area (Å²) in [5.41, 5.74) is 2.34. The third kappa shape index (κ3) is 1.87. The summed E-state index contributed by atoms with van der Waals surface area (Å²) in [6.45, 7) is 1.72. The first-order valence-corrected chi connectivity index (χ1v) is 8.04. The highest BCUT2D eigenvalue weighted by Gasteiger charge is 2.43. The van der Waals surface area contributed by atoms with Gasteiger partial charge in [-0.05, 0) is 30.5 Å². The molecular weight excluding hydrogens is 320 g/mol. The number of hydrogen-bond donors (Lipinski definition) is 1. The molecule has 5 heteroatoms. The maximum atomic E-state index is 12.2. The van der Waals surface area contributed by atoms with Crippen LogP contribution in [-0.4, -0.2) is 30.0 Å². The van der Waals surface area contributed by atoms with E-state index in [1.165, 1.54) is 12.0 Å². The molecule has 0 radical (unpaired) electrons. The van der Waals surface area contributed by atoms with Gasteiger partial charge in [0.05, 0.1) is 12.6 Å². The number of carbonyl (C=O) groups is 1. The Labute approximate surface area is 126 Å². The van der Waals surface area contributed by atoms with E-state index in [1.54, 1.807) is 0 Å². The predicted molar refractivity (Wildman–Crippen MR) is 78.6 cm³/mol. The summed E-state index contributed by atoms with van der Waals surface area (Å²) in [6, 6.07) is 4.26. The van der Waals surface area contributed by atoms with Gasteiger partial charge in [-0.3, -0.25) is 9.69 Å². The second-order valence-electron chi connectivity index (χ2n) is 5.74. The molecule has 0 aliphatic carbocycles. The fourth-order valence-electron chi connectivity index (χ4n) is 3.62. The van der Waals surface area contributed by atoms with Gasteiger partial charge in [0.2, 0.25) is 5.91 Å². The number of piperidine rings is 1. The fraction of sp³-hybridized carbons (Fsp3) is 0.533. The van der Waals surface area contributed by atoms with Gasteiger partial charge in [0.15, 0.2) is 0 Å². The van der Waals surface area contributed by atoms with Crippen LogP contribution < -0.4 is 10.1 Å². The number of ether oxygens (including phenoxy) is 1. The van der Waals surface area contributed by atoms with Gasteiger partial charge in [0.1, 0.15) is 11.9 Å². The SMILES string of the molecule is O=C1N[C@H](c2cc(Br)cc3c2OCC3)N2CCCC[C@H]12. The highest BCUT2D eigenvalue weighted by molar-refractivity contribution is 9.10. The van der Waals surface area contributed by atoms with Crippen molar-refractivity contribution in [3.8, 4) is 5.75 Å². The third-order valence-electron chi connectivity index (χ3n) is 4.53. The van der Waals surface area contributed by atoms with Gasteiger partial charge in [0.25, 0.3) is 0 Å². The van der Waals surface area contributed by atoms with Gasteiger partial charge in [0, 0.05) is 23.0 Å². The van der Waals surface area contributed by atoms with Crippen LogP contribution in [-0.2, 0) is 11.2 Å². The zero-order valence-corrected chi connectivity index (χ0v) is 12.8. The van der Waals surface area contributed by atoms with Crippen molar-refractivity contribution in [1.29, 1.82) is 0 Å². The Balaban J connectivity index is 1.76. The Hall–Kier alpha value is -1.07. The van der Waals surface area contributed by atoms with Crippen LogP contribution in [0.15, 0.2) is 16.6 Å². The van der Waals surface area contributed by atoms with E-state index in [2.05, 4.69) is 38.3 Å². The standard InChI is InChI=1S/C15H17BrN2O2/c16-10-7-9-4-6-20-13(9)11(8-10)14-17-15(19)12-3-1-2-5-18(12)14/h7-8,12,14H,1-6H2,(H,17,19)/t12-,14+/m1/s1. The van der Waals surface area contributed by atoms with E-state index in [0.29, 0.717) is 0 Å². The van der Waals surface area contributed by atoms with E-state index in [9.17, 15) is 4.79 Å². The number of amides is 1. The molecule has 3 aliphatic rings. The summed E-state index contributed by atoms with van der Waals surface area (Å²) >= 11 is 3.58. The van der Waals surface area contributed by atoms with Crippen molar-refractivity contribution in [2.45, 2.75) is 37.9 Å². The van der Waals surface area contributed by atoms with Crippen molar-refractivity contribution in [2.24, 2.45) is 0 Å². The second-order valence-corrected chi connectivity index (χ2v) is 6.66. The van der Waals surface area contributed by atoms with Crippen LogP contribution >= 0.6 is 15.9 Å². The van der Waals surface area contributed by atoms with Crippen molar-refractivity contribution in [3.05, 3.63) is 27.7 Å². The fourth-order valence-corrected chi connectivity index (χ4v) is 4.14. The monoisotopic (exact) mass is 336 g/mol. The normalized spacial score (nSPS) is 28.8. The largest absolute Gasteiger partial charge is 0.493 e. The smallest absolute Gasteiger partial charge is 0.238 e. The van der Waals surface area contributed by atoms with Gasteiger partial charge < -0.3 is 10.1 Å². The molecule has 1 amide bonds. The zero-order valence-electron chi connectivity index (χ0n) is 11.2. The molecule has 0 unspecified atom stereocenters. The quantitative estimate of drug-likeness (QED) is 0.856. The Kier molecular flexibility index (Phi) is 3.00. The van der Waals surface area contributed by atoms with Crippen LogP contribution in [0.3, 0.4) is 0 Å². The van der Waals surface area contributed by atoms with Crippen molar-refractivity contribution in [2.75, 3.05) is 13.2 Å². The van der Waals surface area contributed by atoms with Crippen LogP contribution in [0.25, 0.3) is 0 Å². The molecular formula is C15H17BrN2O2. The number of fused-ring (bicyclic) bond motifs is 2. The molecule has 1 aromatic rings. The lowest BCUT2D eigenvalue weighted by atomic mass is 10.0. The summed E-state index contributed by atoms with van der Waals surface area (Å²) in [7, 11) is 0. The summed E-state index contributed by atoms with van der Waals surface area (Å²) in [4.78, 5) is 14.5. The summed E-state index contributed by atoms with van der Waals surface area (Å²) in [6.07, 6.45) is 4.20. The number of benzene rings is 1. The van der Waals surface area contributed by atoms with Crippen molar-refractivity contribution in [3.63, 3.8) is 0 Å². The predicted octanol–water partition coefficient (Wildman–Crippen LogP) is 2.37. The van der Waals surface area contributed by atoms with Gasteiger partial charge in [-0.2, -0.15) is 0 Å². The maximum Gasteiger partial charge on any atom is 0.238 e. The Bertz CT molecular complexity index is 575. The minimum atomic E-state index is -0.0304. The van der Waals surface area contributed by atoms with Gasteiger partial charge in [-0.25, -0.2) is 0 Å². The topological polar surface area (TPSA) is 41.6 Å². The first-order chi connectivity index (χ1) is 9.74. The van der Waals surface area contributed by atoms with Crippen molar-refractivity contribution in [1.82, 2.24) is 10.2 Å².